The number of carbonyl (C=O) groups excluding carboxylic acids is 3. The van der Waals surface area contributed by atoms with Crippen molar-refractivity contribution in [3.8, 4) is 21.9 Å². The first-order chi connectivity index (χ1) is 33.4. The third-order valence-electron chi connectivity index (χ3n) is 14.1. The summed E-state index contributed by atoms with van der Waals surface area (Å²) in [5.74, 6) is -0.695. The molecule has 8 rings (SSSR count). The summed E-state index contributed by atoms with van der Waals surface area (Å²) in [5.41, 5.74) is 3.10. The molecule has 3 aliphatic heterocycles. The van der Waals surface area contributed by atoms with Crippen LogP contribution in [0.1, 0.15) is 140 Å². The molecule has 0 bridgehead atoms. The molecule has 0 spiro atoms. The predicted molar refractivity (Wildman–Crippen MR) is 263 cm³/mol. The van der Waals surface area contributed by atoms with Gasteiger partial charge in [-0.1, -0.05) is 71.7 Å². The standard InChI is InChI=1S/C51H64F4N8O6S.CH4/c1-32-45(70-31-57-32)35-10-11-36(29-56-46(66)40-27-37(64)30-62(40)47(67)39(49(2,3)4)28-42(65)50(52)20-21-50)41(26-35)69-25-9-7-5-6-8-24-68-38-14-12-33(13-15-38)34-18-22-61(23-19-34)44-17-16-43-58-59-48(51(53,54)55)63(43)60-44;/h10-15,26,31,34,37,39-40,64H,5-9,16-25,27-30H2,1-4H3,(H,56,66);1H4/t37-,39-,40?;/m1./s1. The molecule has 3 fully saturated rings. The van der Waals surface area contributed by atoms with E-state index >= 15 is 0 Å². The van der Waals surface area contributed by atoms with Crippen molar-refractivity contribution < 1.29 is 46.5 Å². The first kappa shape index (κ1) is 53.4. The number of alkyl halides is 4. The fourth-order valence-corrected chi connectivity index (χ4v) is 10.5. The molecule has 19 heteroatoms. The average Bonchev–Trinajstić information content (AvgIpc) is 3.61. The lowest BCUT2D eigenvalue weighted by Crippen LogP contribution is -2.50. The topological polar surface area (TPSA) is 164 Å². The largest absolute Gasteiger partial charge is 0.494 e. The Bertz CT molecular complexity index is 2510. The highest BCUT2D eigenvalue weighted by molar-refractivity contribution is 7.13. The van der Waals surface area contributed by atoms with Crippen molar-refractivity contribution in [2.24, 2.45) is 16.4 Å². The number of carbonyl (C=O) groups is 3. The van der Waals surface area contributed by atoms with E-state index in [1.165, 1.54) is 21.8 Å². The third kappa shape index (κ3) is 13.0. The van der Waals surface area contributed by atoms with Gasteiger partial charge in [-0.15, -0.1) is 21.5 Å². The van der Waals surface area contributed by atoms with E-state index in [0.717, 1.165) is 77.1 Å². The van der Waals surface area contributed by atoms with Crippen LogP contribution < -0.4 is 14.8 Å². The molecule has 2 saturated heterocycles. The van der Waals surface area contributed by atoms with Crippen molar-refractivity contribution in [1.29, 1.82) is 0 Å². The fourth-order valence-electron chi connectivity index (χ4n) is 9.66. The number of aromatic nitrogens is 4. The van der Waals surface area contributed by atoms with E-state index in [2.05, 4.69) is 42.6 Å². The number of unbranched alkanes of at least 4 members (excludes halogenated alkanes) is 4. The van der Waals surface area contributed by atoms with Crippen LogP contribution in [-0.4, -0.2) is 109 Å². The zero-order valence-corrected chi connectivity index (χ0v) is 41.2. The van der Waals surface area contributed by atoms with Crippen LogP contribution >= 0.6 is 11.3 Å². The number of ketones is 1. The van der Waals surface area contributed by atoms with Crippen LogP contribution in [0.15, 0.2) is 53.1 Å². The number of aryl methyl sites for hydroxylation is 2. The van der Waals surface area contributed by atoms with Gasteiger partial charge < -0.3 is 29.7 Å². The van der Waals surface area contributed by atoms with Crippen molar-refractivity contribution in [3.63, 3.8) is 0 Å². The highest BCUT2D eigenvalue weighted by Gasteiger charge is 2.53. The second-order valence-electron chi connectivity index (χ2n) is 20.3. The molecule has 2 aromatic carbocycles. The number of thiazole rings is 1. The number of amides is 2. The number of fused-ring (bicyclic) bond motifs is 1. The lowest BCUT2D eigenvalue weighted by atomic mass is 9.76. The van der Waals surface area contributed by atoms with Crippen molar-refractivity contribution >= 4 is 34.8 Å². The summed E-state index contributed by atoms with van der Waals surface area (Å²) in [6.45, 7) is 10.0. The van der Waals surface area contributed by atoms with Gasteiger partial charge in [0.2, 0.25) is 11.8 Å². The molecule has 2 aromatic heterocycles. The Hall–Kier alpha value is -5.43. The van der Waals surface area contributed by atoms with E-state index in [1.807, 2.05) is 58.0 Å². The lowest BCUT2D eigenvalue weighted by Gasteiger charge is -2.35. The van der Waals surface area contributed by atoms with E-state index in [-0.39, 0.29) is 52.0 Å². The fraction of sp³-hybridized carbons (Fsp3) is 0.596. The van der Waals surface area contributed by atoms with E-state index in [0.29, 0.717) is 56.6 Å². The molecule has 3 atom stereocenters. The van der Waals surface area contributed by atoms with Crippen LogP contribution in [0.5, 0.6) is 11.5 Å². The summed E-state index contributed by atoms with van der Waals surface area (Å²) < 4.78 is 68.2. The van der Waals surface area contributed by atoms with Gasteiger partial charge >= 0.3 is 6.18 Å². The molecule has 71 heavy (non-hydrogen) atoms. The maximum absolute atomic E-state index is 14.7. The average molecular weight is 1010 g/mol. The molecule has 2 N–H and O–H groups in total. The van der Waals surface area contributed by atoms with Crippen LogP contribution in [0.2, 0.25) is 0 Å². The maximum atomic E-state index is 14.7. The van der Waals surface area contributed by atoms with Gasteiger partial charge in [-0.2, -0.15) is 22.9 Å². The van der Waals surface area contributed by atoms with Gasteiger partial charge in [0.1, 0.15) is 23.4 Å². The van der Waals surface area contributed by atoms with E-state index in [1.54, 1.807) is 5.51 Å². The van der Waals surface area contributed by atoms with Gasteiger partial charge in [0.15, 0.2) is 17.3 Å². The Morgan fingerprint density at radius 2 is 1.63 bits per heavy atom. The van der Waals surface area contributed by atoms with Crippen LogP contribution in [0.4, 0.5) is 17.6 Å². The van der Waals surface area contributed by atoms with Crippen molar-refractivity contribution in [2.45, 2.75) is 155 Å². The maximum Gasteiger partial charge on any atom is 0.453 e. The van der Waals surface area contributed by atoms with Crippen LogP contribution in [0, 0.1) is 18.3 Å². The number of rotatable bonds is 19. The molecule has 4 aromatic rings. The van der Waals surface area contributed by atoms with Gasteiger partial charge in [-0.3, -0.25) is 14.4 Å². The first-order valence-electron chi connectivity index (χ1n) is 24.6. The second kappa shape index (κ2) is 22.6. The zero-order chi connectivity index (χ0) is 49.8. The molecular weight excluding hydrogens is 941 g/mol. The van der Waals surface area contributed by atoms with Crippen LogP contribution in [0.3, 0.4) is 0 Å². The quantitative estimate of drug-likeness (QED) is 0.0683. The number of likely N-dealkylation sites (tertiary alicyclic amines) is 2. The van der Waals surface area contributed by atoms with Gasteiger partial charge in [-0.05, 0) is 86.1 Å². The third-order valence-corrected chi connectivity index (χ3v) is 15.1. The van der Waals surface area contributed by atoms with E-state index in [9.17, 15) is 37.1 Å². The highest BCUT2D eigenvalue weighted by atomic mass is 32.1. The molecule has 386 valence electrons. The Morgan fingerprint density at radius 1 is 0.944 bits per heavy atom. The summed E-state index contributed by atoms with van der Waals surface area (Å²) in [6.07, 6.45) is 1.95. The summed E-state index contributed by atoms with van der Waals surface area (Å²) in [4.78, 5) is 49.4. The summed E-state index contributed by atoms with van der Waals surface area (Å²) >= 11 is 1.54. The first-order valence-corrected chi connectivity index (χ1v) is 25.5. The molecule has 1 saturated carbocycles. The molecule has 14 nitrogen and oxygen atoms in total. The Balaban J connectivity index is 0.00000741. The summed E-state index contributed by atoms with van der Waals surface area (Å²) in [7, 11) is 0. The number of aliphatic hydroxyl groups excluding tert-OH is 1. The minimum absolute atomic E-state index is 0. The monoisotopic (exact) mass is 1010 g/mol. The Kier molecular flexibility index (Phi) is 17.0. The number of nitrogens with zero attached hydrogens (tertiary/aromatic N) is 7. The van der Waals surface area contributed by atoms with E-state index < -0.39 is 58.7 Å². The number of hydrogen-bond donors (Lipinski definition) is 2. The molecular formula is C52H68F4N8O6S. The number of piperidine rings is 1. The summed E-state index contributed by atoms with van der Waals surface area (Å²) in [6, 6.07) is 13.1. The summed E-state index contributed by atoms with van der Waals surface area (Å²) in [5, 5.41) is 24.9. The molecule has 4 aliphatic rings. The molecule has 2 amide bonds. The van der Waals surface area contributed by atoms with Crippen LogP contribution in [-0.2, 0) is 33.5 Å². The number of hydrogen-bond acceptors (Lipinski definition) is 12. The molecule has 5 heterocycles. The second-order valence-corrected chi connectivity index (χ2v) is 21.1. The number of benzene rings is 2. The Labute approximate surface area is 417 Å². The van der Waals surface area contributed by atoms with E-state index in [4.69, 9.17) is 9.47 Å². The van der Waals surface area contributed by atoms with Gasteiger partial charge in [0.05, 0.1) is 35.4 Å². The van der Waals surface area contributed by atoms with Crippen molar-refractivity contribution in [3.05, 3.63) is 76.4 Å². The number of Topliss-reactive ketones (excluding diaryl/α,β-unsaturated/α-hetero) is 1. The van der Waals surface area contributed by atoms with Gasteiger partial charge in [-0.25, -0.2) is 9.37 Å². The minimum Gasteiger partial charge on any atom is -0.494 e. The number of nitrogens with one attached hydrogen (secondary N) is 1. The van der Waals surface area contributed by atoms with Crippen LogP contribution in [0.25, 0.3) is 10.4 Å². The normalized spacial score (nSPS) is 19.4. The van der Waals surface area contributed by atoms with Crippen molar-refractivity contribution in [2.75, 3.05) is 32.8 Å². The molecule has 1 unspecified atom stereocenters. The zero-order valence-electron chi connectivity index (χ0n) is 40.4. The number of halogens is 4. The lowest BCUT2D eigenvalue weighted by molar-refractivity contribution is -0.147. The SMILES string of the molecule is C.Cc1ncsc1-c1ccc(CNC(=O)C2C[C@@H](O)CN2C(=O)[C@@H](CC(=O)C2(F)CC2)C(C)(C)C)c(OCCCCCCCOc2ccc(C3CCN(C4=Nn5c(nnc5C(F)(F)F)CC4)CC3)cc2)c1. The van der Waals surface area contributed by atoms with Gasteiger partial charge in [0.25, 0.3) is 5.82 Å². The number of β-amino-alcohol motifs (C(OH)–C–C–N with tert-alkyl or cyclic N) is 1. The number of ether oxygens (including phenoxy) is 2. The Morgan fingerprint density at radius 3 is 2.28 bits per heavy atom. The highest BCUT2D eigenvalue weighted by Crippen LogP contribution is 2.44. The van der Waals surface area contributed by atoms with Gasteiger partial charge in [0, 0.05) is 63.3 Å². The van der Waals surface area contributed by atoms with Crippen molar-refractivity contribution in [1.82, 2.24) is 35.0 Å². The number of amidine groups is 1. The minimum atomic E-state index is -4.61. The predicted octanol–water partition coefficient (Wildman–Crippen LogP) is 9.46. The molecule has 0 radical (unpaired) electrons. The number of aliphatic hydroxyl groups is 1. The molecule has 1 aliphatic carbocycles. The smallest absolute Gasteiger partial charge is 0.453 e.